The minimum atomic E-state index is -0.338. The van der Waals surface area contributed by atoms with E-state index < -0.39 is 0 Å². The zero-order valence-electron chi connectivity index (χ0n) is 12.3. The Bertz CT molecular complexity index is 446. The summed E-state index contributed by atoms with van der Waals surface area (Å²) in [5.74, 6) is 0.502. The number of benzene rings is 1. The second-order valence-corrected chi connectivity index (χ2v) is 5.80. The number of ketones is 1. The van der Waals surface area contributed by atoms with E-state index in [1.807, 2.05) is 0 Å². The van der Waals surface area contributed by atoms with E-state index in [0.29, 0.717) is 12.1 Å². The number of carbonyl (C=O) groups is 1. The molecule has 0 spiro atoms. The van der Waals surface area contributed by atoms with Gasteiger partial charge in [0.05, 0.1) is 6.54 Å². The first-order chi connectivity index (χ1) is 9.69. The Balaban J connectivity index is 1.88. The van der Waals surface area contributed by atoms with Gasteiger partial charge in [0.1, 0.15) is 5.82 Å². The van der Waals surface area contributed by atoms with Crippen LogP contribution in [0.5, 0.6) is 0 Å². The van der Waals surface area contributed by atoms with Crippen LogP contribution < -0.4 is 0 Å². The van der Waals surface area contributed by atoms with Gasteiger partial charge in [0.15, 0.2) is 5.78 Å². The first-order valence-electron chi connectivity index (χ1n) is 7.70. The molecule has 1 aliphatic rings. The third kappa shape index (κ3) is 4.41. The van der Waals surface area contributed by atoms with Gasteiger partial charge in [-0.25, -0.2) is 4.39 Å². The molecule has 1 heterocycles. The molecule has 0 saturated carbocycles. The van der Waals surface area contributed by atoms with Crippen molar-refractivity contribution in [3.63, 3.8) is 0 Å². The van der Waals surface area contributed by atoms with E-state index in [2.05, 4.69) is 11.8 Å². The fourth-order valence-electron chi connectivity index (χ4n) is 3.04. The average Bonchev–Trinajstić information content (AvgIpc) is 2.65. The summed E-state index contributed by atoms with van der Waals surface area (Å²) < 4.78 is 13.1. The van der Waals surface area contributed by atoms with Crippen molar-refractivity contribution >= 4 is 5.78 Å². The predicted octanol–water partition coefficient (Wildman–Crippen LogP) is 3.91. The Morgan fingerprint density at radius 3 is 2.95 bits per heavy atom. The smallest absolute Gasteiger partial charge is 0.176 e. The quantitative estimate of drug-likeness (QED) is 0.761. The lowest BCUT2D eigenvalue weighted by Crippen LogP contribution is -2.31. The van der Waals surface area contributed by atoms with Gasteiger partial charge < -0.3 is 0 Å². The SMILES string of the molecule is CCCC1CCCN(CC(=O)c2cccc(F)c2)CC1. The molecule has 1 aliphatic heterocycles. The molecule has 0 radical (unpaired) electrons. The molecule has 20 heavy (non-hydrogen) atoms. The summed E-state index contributed by atoms with van der Waals surface area (Å²) in [4.78, 5) is 14.4. The van der Waals surface area contributed by atoms with Crippen molar-refractivity contribution < 1.29 is 9.18 Å². The van der Waals surface area contributed by atoms with Crippen LogP contribution >= 0.6 is 0 Å². The molecule has 1 fully saturated rings. The Morgan fingerprint density at radius 1 is 1.35 bits per heavy atom. The molecule has 110 valence electrons. The van der Waals surface area contributed by atoms with Crippen molar-refractivity contribution in [1.29, 1.82) is 0 Å². The molecule has 0 aliphatic carbocycles. The predicted molar refractivity (Wildman–Crippen MR) is 79.4 cm³/mol. The summed E-state index contributed by atoms with van der Waals surface area (Å²) in [6, 6.07) is 6.00. The second-order valence-electron chi connectivity index (χ2n) is 5.80. The summed E-state index contributed by atoms with van der Waals surface area (Å²) in [6.07, 6.45) is 6.17. The number of likely N-dealkylation sites (tertiary alicyclic amines) is 1. The lowest BCUT2D eigenvalue weighted by molar-refractivity contribution is 0.0931. The highest BCUT2D eigenvalue weighted by molar-refractivity contribution is 5.97. The number of Topliss-reactive ketones (excluding diaryl/α,β-unsaturated/α-hetero) is 1. The molecule has 1 unspecified atom stereocenters. The van der Waals surface area contributed by atoms with E-state index in [9.17, 15) is 9.18 Å². The van der Waals surface area contributed by atoms with Gasteiger partial charge in [0.2, 0.25) is 0 Å². The van der Waals surface area contributed by atoms with Crippen LogP contribution in [0.15, 0.2) is 24.3 Å². The minimum Gasteiger partial charge on any atom is -0.296 e. The first kappa shape index (κ1) is 15.2. The van der Waals surface area contributed by atoms with E-state index in [4.69, 9.17) is 0 Å². The largest absolute Gasteiger partial charge is 0.296 e. The normalized spacial score (nSPS) is 20.6. The first-order valence-corrected chi connectivity index (χ1v) is 7.70. The summed E-state index contributed by atoms with van der Waals surface area (Å²) in [6.45, 7) is 4.63. The maximum absolute atomic E-state index is 13.1. The maximum atomic E-state index is 13.1. The highest BCUT2D eigenvalue weighted by Gasteiger charge is 2.18. The summed E-state index contributed by atoms with van der Waals surface area (Å²) in [5.41, 5.74) is 0.486. The van der Waals surface area contributed by atoms with Crippen molar-refractivity contribution in [3.8, 4) is 0 Å². The van der Waals surface area contributed by atoms with Crippen LogP contribution in [0.4, 0.5) is 4.39 Å². The van der Waals surface area contributed by atoms with Gasteiger partial charge >= 0.3 is 0 Å². The second kappa shape index (κ2) is 7.53. The Hall–Kier alpha value is -1.22. The van der Waals surface area contributed by atoms with Crippen LogP contribution in [-0.2, 0) is 0 Å². The molecular formula is C17H24FNO. The van der Waals surface area contributed by atoms with E-state index in [0.717, 1.165) is 19.0 Å². The summed E-state index contributed by atoms with van der Waals surface area (Å²) in [5, 5.41) is 0. The van der Waals surface area contributed by atoms with Crippen LogP contribution in [0.2, 0.25) is 0 Å². The van der Waals surface area contributed by atoms with E-state index in [-0.39, 0.29) is 11.6 Å². The fraction of sp³-hybridized carbons (Fsp3) is 0.588. The number of nitrogens with zero attached hydrogens (tertiary/aromatic N) is 1. The van der Waals surface area contributed by atoms with Gasteiger partial charge in [-0.05, 0) is 50.4 Å². The number of hydrogen-bond acceptors (Lipinski definition) is 2. The number of hydrogen-bond donors (Lipinski definition) is 0. The summed E-state index contributed by atoms with van der Waals surface area (Å²) in [7, 11) is 0. The molecular weight excluding hydrogens is 253 g/mol. The van der Waals surface area contributed by atoms with Crippen LogP contribution in [0.3, 0.4) is 0 Å². The highest BCUT2D eigenvalue weighted by atomic mass is 19.1. The molecule has 0 amide bonds. The van der Waals surface area contributed by atoms with Gasteiger partial charge in [-0.15, -0.1) is 0 Å². The molecule has 1 aromatic rings. The van der Waals surface area contributed by atoms with Crippen molar-refractivity contribution in [2.24, 2.45) is 5.92 Å². The molecule has 1 atom stereocenters. The monoisotopic (exact) mass is 277 g/mol. The van der Waals surface area contributed by atoms with Crippen molar-refractivity contribution in [1.82, 2.24) is 4.90 Å². The van der Waals surface area contributed by atoms with Crippen LogP contribution in [0, 0.1) is 11.7 Å². The van der Waals surface area contributed by atoms with Crippen LogP contribution in [0.25, 0.3) is 0 Å². The Kier molecular flexibility index (Phi) is 5.72. The van der Waals surface area contributed by atoms with E-state index >= 15 is 0 Å². The third-order valence-electron chi connectivity index (χ3n) is 4.15. The van der Waals surface area contributed by atoms with Crippen molar-refractivity contribution in [3.05, 3.63) is 35.6 Å². The average molecular weight is 277 g/mol. The van der Waals surface area contributed by atoms with Gasteiger partial charge in [0, 0.05) is 5.56 Å². The van der Waals surface area contributed by atoms with Crippen LogP contribution in [-0.4, -0.2) is 30.3 Å². The number of carbonyl (C=O) groups excluding carboxylic acids is 1. The molecule has 0 N–H and O–H groups in total. The van der Waals surface area contributed by atoms with Gasteiger partial charge in [-0.2, -0.15) is 0 Å². The lowest BCUT2D eigenvalue weighted by atomic mass is 9.96. The zero-order chi connectivity index (χ0) is 14.4. The molecule has 0 aromatic heterocycles. The van der Waals surface area contributed by atoms with E-state index in [1.165, 1.54) is 44.2 Å². The fourth-order valence-corrected chi connectivity index (χ4v) is 3.04. The molecule has 1 aromatic carbocycles. The van der Waals surface area contributed by atoms with Gasteiger partial charge in [0.25, 0.3) is 0 Å². The molecule has 2 rings (SSSR count). The molecule has 3 heteroatoms. The van der Waals surface area contributed by atoms with Crippen molar-refractivity contribution in [2.75, 3.05) is 19.6 Å². The maximum Gasteiger partial charge on any atom is 0.176 e. The van der Waals surface area contributed by atoms with Crippen LogP contribution in [0.1, 0.15) is 49.4 Å². The number of halogens is 1. The third-order valence-corrected chi connectivity index (χ3v) is 4.15. The van der Waals surface area contributed by atoms with Gasteiger partial charge in [-0.3, -0.25) is 9.69 Å². The minimum absolute atomic E-state index is 0.0263. The lowest BCUT2D eigenvalue weighted by Gasteiger charge is -2.19. The standard InChI is InChI=1S/C17H24FNO/c1-2-5-14-6-4-10-19(11-9-14)13-17(20)15-7-3-8-16(18)12-15/h3,7-8,12,14H,2,4-6,9-11,13H2,1H3. The van der Waals surface area contributed by atoms with Crippen molar-refractivity contribution in [2.45, 2.75) is 39.0 Å². The van der Waals surface area contributed by atoms with Gasteiger partial charge in [-0.1, -0.05) is 31.9 Å². The number of rotatable bonds is 5. The molecule has 2 nitrogen and oxygen atoms in total. The Morgan fingerprint density at radius 2 is 2.20 bits per heavy atom. The topological polar surface area (TPSA) is 20.3 Å². The highest BCUT2D eigenvalue weighted by Crippen LogP contribution is 2.22. The van der Waals surface area contributed by atoms with E-state index in [1.54, 1.807) is 12.1 Å². The zero-order valence-corrected chi connectivity index (χ0v) is 12.3. The molecule has 0 bridgehead atoms. The Labute approximate surface area is 121 Å². The summed E-state index contributed by atoms with van der Waals surface area (Å²) >= 11 is 0. The molecule has 1 saturated heterocycles.